The van der Waals surface area contributed by atoms with Gasteiger partial charge in [-0.05, 0) is 37.1 Å². The maximum atomic E-state index is 13.0. The molecule has 35 heavy (non-hydrogen) atoms. The van der Waals surface area contributed by atoms with Crippen LogP contribution in [0.25, 0.3) is 11.3 Å². The monoisotopic (exact) mass is 519 g/mol. The number of anilines is 1. The van der Waals surface area contributed by atoms with Crippen LogP contribution in [0.4, 0.5) is 10.8 Å². The van der Waals surface area contributed by atoms with Crippen molar-refractivity contribution in [1.82, 2.24) is 4.98 Å². The minimum atomic E-state index is -3.58. The molecule has 0 aliphatic carbocycles. The zero-order chi connectivity index (χ0) is 25.2. The molecule has 0 N–H and O–H groups in total. The Morgan fingerprint density at radius 2 is 1.63 bits per heavy atom. The number of non-ortho nitro benzene ring substituents is 1. The fourth-order valence-corrected chi connectivity index (χ4v) is 6.70. The molecule has 0 atom stereocenters. The van der Waals surface area contributed by atoms with Gasteiger partial charge in [0.2, 0.25) is 5.75 Å². The van der Waals surface area contributed by atoms with E-state index < -0.39 is 20.0 Å². The van der Waals surface area contributed by atoms with Crippen LogP contribution >= 0.6 is 11.3 Å². The second kappa shape index (κ2) is 10.1. The van der Waals surface area contributed by atoms with Crippen molar-refractivity contribution in [1.29, 1.82) is 0 Å². The van der Waals surface area contributed by atoms with Gasteiger partial charge in [-0.2, -0.15) is 0 Å². The van der Waals surface area contributed by atoms with E-state index in [1.165, 1.54) is 35.6 Å². The number of nitrogens with zero attached hydrogens (tertiary/aromatic N) is 3. The van der Waals surface area contributed by atoms with Crippen molar-refractivity contribution in [3.05, 3.63) is 51.9 Å². The number of ether oxygens (including phenoxy) is 3. The first-order valence-corrected chi connectivity index (χ1v) is 13.2. The Bertz CT molecular complexity index is 1290. The van der Waals surface area contributed by atoms with Crippen molar-refractivity contribution >= 4 is 32.0 Å². The summed E-state index contributed by atoms with van der Waals surface area (Å²) in [5.74, 6) is 1.58. The van der Waals surface area contributed by atoms with Crippen molar-refractivity contribution in [2.45, 2.75) is 23.0 Å². The topological polar surface area (TPSA) is 121 Å². The van der Waals surface area contributed by atoms with Gasteiger partial charge in [0.25, 0.3) is 5.69 Å². The summed E-state index contributed by atoms with van der Waals surface area (Å²) >= 11 is 1.49. The van der Waals surface area contributed by atoms with E-state index in [9.17, 15) is 18.5 Å². The lowest BCUT2D eigenvalue weighted by Crippen LogP contribution is -2.39. The molecule has 1 aliphatic heterocycles. The molecule has 186 valence electrons. The van der Waals surface area contributed by atoms with Gasteiger partial charge in [0, 0.05) is 36.2 Å². The van der Waals surface area contributed by atoms with Crippen molar-refractivity contribution < 1.29 is 27.6 Å². The Kier molecular flexibility index (Phi) is 7.13. The fourth-order valence-electron chi connectivity index (χ4n) is 4.08. The minimum absolute atomic E-state index is 0.112. The fraction of sp³-hybridized carbons (Fsp3) is 0.348. The summed E-state index contributed by atoms with van der Waals surface area (Å²) in [5.41, 5.74) is 1.44. The number of aromatic nitrogens is 1. The van der Waals surface area contributed by atoms with Crippen molar-refractivity contribution in [2.75, 3.05) is 39.3 Å². The molecule has 10 nitrogen and oxygen atoms in total. The van der Waals surface area contributed by atoms with E-state index in [2.05, 4.69) is 4.90 Å². The largest absolute Gasteiger partial charge is 0.493 e. The van der Waals surface area contributed by atoms with E-state index in [-0.39, 0.29) is 10.6 Å². The van der Waals surface area contributed by atoms with E-state index >= 15 is 0 Å². The third kappa shape index (κ3) is 4.89. The molecule has 2 aromatic carbocycles. The first-order valence-electron chi connectivity index (χ1n) is 10.8. The summed E-state index contributed by atoms with van der Waals surface area (Å²) in [5, 5.41) is 13.0. The van der Waals surface area contributed by atoms with E-state index in [1.807, 2.05) is 17.5 Å². The number of methoxy groups -OCH3 is 3. The second-order valence-electron chi connectivity index (χ2n) is 7.91. The lowest BCUT2D eigenvalue weighted by molar-refractivity contribution is -0.384. The summed E-state index contributed by atoms with van der Waals surface area (Å²) in [7, 11) is 1.09. The maximum absolute atomic E-state index is 13.0. The van der Waals surface area contributed by atoms with Crippen molar-refractivity contribution in [3.63, 3.8) is 0 Å². The Morgan fingerprint density at radius 3 is 2.14 bits per heavy atom. The van der Waals surface area contributed by atoms with Crippen LogP contribution in [0.2, 0.25) is 0 Å². The second-order valence-corrected chi connectivity index (χ2v) is 11.0. The number of thiazole rings is 1. The van der Waals surface area contributed by atoms with Gasteiger partial charge in [0.05, 0.1) is 42.1 Å². The molecule has 2 heterocycles. The van der Waals surface area contributed by atoms with Crippen LogP contribution in [0, 0.1) is 10.1 Å². The first-order chi connectivity index (χ1) is 16.8. The Morgan fingerprint density at radius 1 is 1.03 bits per heavy atom. The predicted octanol–water partition coefficient (Wildman–Crippen LogP) is 4.19. The smallest absolute Gasteiger partial charge is 0.269 e. The van der Waals surface area contributed by atoms with Gasteiger partial charge in [-0.25, -0.2) is 13.4 Å². The standard InChI is InChI=1S/C23H25N3O7S2/c1-31-20-12-15(13-21(32-2)22(20)33-3)19-14-34-23(24-19)25-10-8-18(9-11-25)35(29,30)17-6-4-16(5-7-17)26(27)28/h4-7,12-14,18H,8-11H2,1-3H3. The molecule has 1 fully saturated rings. The van der Waals surface area contributed by atoms with Crippen LogP contribution in [0.1, 0.15) is 12.8 Å². The molecule has 0 spiro atoms. The molecule has 0 amide bonds. The molecular formula is C23H25N3O7S2. The zero-order valence-electron chi connectivity index (χ0n) is 19.5. The number of hydrogen-bond donors (Lipinski definition) is 0. The molecule has 1 aromatic heterocycles. The summed E-state index contributed by atoms with van der Waals surface area (Å²) in [6.45, 7) is 1.08. The molecular weight excluding hydrogens is 494 g/mol. The van der Waals surface area contributed by atoms with Gasteiger partial charge in [0.1, 0.15) is 0 Å². The summed E-state index contributed by atoms with van der Waals surface area (Å²) in [6, 6.07) is 8.74. The number of piperidine rings is 1. The number of nitro benzene ring substituents is 1. The lowest BCUT2D eigenvalue weighted by Gasteiger charge is -2.31. The van der Waals surface area contributed by atoms with E-state index in [1.54, 1.807) is 21.3 Å². The molecule has 0 bridgehead atoms. The maximum Gasteiger partial charge on any atom is 0.269 e. The highest BCUT2D eigenvalue weighted by molar-refractivity contribution is 7.92. The molecule has 0 radical (unpaired) electrons. The lowest BCUT2D eigenvalue weighted by atomic mass is 10.1. The van der Waals surface area contributed by atoms with Crippen LogP contribution < -0.4 is 19.1 Å². The molecule has 0 saturated carbocycles. The minimum Gasteiger partial charge on any atom is -0.493 e. The molecule has 0 unspecified atom stereocenters. The van der Waals surface area contributed by atoms with Gasteiger partial charge in [-0.1, -0.05) is 0 Å². The van der Waals surface area contributed by atoms with Crippen LogP contribution in [0.3, 0.4) is 0 Å². The summed E-state index contributed by atoms with van der Waals surface area (Å²) in [4.78, 5) is 17.3. The zero-order valence-corrected chi connectivity index (χ0v) is 21.1. The van der Waals surface area contributed by atoms with Crippen LogP contribution in [-0.4, -0.2) is 58.0 Å². The van der Waals surface area contributed by atoms with Gasteiger partial charge < -0.3 is 19.1 Å². The average Bonchev–Trinajstić information content (AvgIpc) is 3.38. The van der Waals surface area contributed by atoms with Crippen LogP contribution in [0.15, 0.2) is 46.7 Å². The number of hydrogen-bond acceptors (Lipinski definition) is 10. The van der Waals surface area contributed by atoms with E-state index in [0.717, 1.165) is 16.4 Å². The molecule has 3 aromatic rings. The molecule has 1 saturated heterocycles. The third-order valence-corrected chi connectivity index (χ3v) is 9.16. The van der Waals surface area contributed by atoms with E-state index in [4.69, 9.17) is 19.2 Å². The average molecular weight is 520 g/mol. The quantitative estimate of drug-likeness (QED) is 0.318. The highest BCUT2D eigenvalue weighted by Crippen LogP contribution is 2.42. The Labute approximate surface area is 207 Å². The van der Waals surface area contributed by atoms with Gasteiger partial charge in [-0.3, -0.25) is 10.1 Å². The van der Waals surface area contributed by atoms with Gasteiger partial charge in [0.15, 0.2) is 26.5 Å². The SMILES string of the molecule is COc1cc(-c2csc(N3CCC(S(=O)(=O)c4ccc([N+](=O)[O-])cc4)CC3)n2)cc(OC)c1OC. The van der Waals surface area contributed by atoms with Crippen molar-refractivity contribution in [2.24, 2.45) is 0 Å². The number of nitro groups is 1. The van der Waals surface area contributed by atoms with Gasteiger partial charge >= 0.3 is 0 Å². The first kappa shape index (κ1) is 24.7. The van der Waals surface area contributed by atoms with Crippen molar-refractivity contribution in [3.8, 4) is 28.5 Å². The number of sulfone groups is 1. The number of rotatable bonds is 8. The predicted molar refractivity (Wildman–Crippen MR) is 133 cm³/mol. The Hall–Kier alpha value is -3.38. The summed E-state index contributed by atoms with van der Waals surface area (Å²) in [6.07, 6.45) is 0.886. The van der Waals surface area contributed by atoms with Gasteiger partial charge in [-0.15, -0.1) is 11.3 Å². The highest BCUT2D eigenvalue weighted by atomic mass is 32.2. The Balaban J connectivity index is 1.48. The molecule has 12 heteroatoms. The summed E-state index contributed by atoms with van der Waals surface area (Å²) < 4.78 is 42.3. The highest BCUT2D eigenvalue weighted by Gasteiger charge is 2.32. The number of benzene rings is 2. The third-order valence-electron chi connectivity index (χ3n) is 5.98. The van der Waals surface area contributed by atoms with Crippen LogP contribution in [-0.2, 0) is 9.84 Å². The molecule has 1 aliphatic rings. The molecule has 4 rings (SSSR count). The normalized spacial score (nSPS) is 14.5. The van der Waals surface area contributed by atoms with E-state index in [0.29, 0.717) is 43.2 Å². The van der Waals surface area contributed by atoms with Crippen LogP contribution in [0.5, 0.6) is 17.2 Å².